The van der Waals surface area contributed by atoms with Gasteiger partial charge in [-0.2, -0.15) is 0 Å². The summed E-state index contributed by atoms with van der Waals surface area (Å²) in [6.07, 6.45) is 3.19. The van der Waals surface area contributed by atoms with E-state index in [2.05, 4.69) is 40.3 Å². The Labute approximate surface area is 82.8 Å². The molecular formula is C9H14N5+. The molecule has 14 heavy (non-hydrogen) atoms. The Morgan fingerprint density at radius 3 is 2.71 bits per heavy atom. The summed E-state index contributed by atoms with van der Waals surface area (Å²) in [5.74, 6) is 0.466. The second-order valence-corrected chi connectivity index (χ2v) is 4.36. The van der Waals surface area contributed by atoms with E-state index in [0.717, 1.165) is 5.71 Å². The fourth-order valence-electron chi connectivity index (χ4n) is 1.49. The van der Waals surface area contributed by atoms with Gasteiger partial charge >= 0.3 is 0 Å². The van der Waals surface area contributed by atoms with Crippen molar-refractivity contribution in [3.63, 3.8) is 0 Å². The topological polar surface area (TPSA) is 66.1 Å². The van der Waals surface area contributed by atoms with Crippen LogP contribution in [0.4, 0.5) is 0 Å². The van der Waals surface area contributed by atoms with Crippen LogP contribution < -0.4 is 5.73 Å². The molecule has 0 fully saturated rings. The zero-order chi connectivity index (χ0) is 10.3. The van der Waals surface area contributed by atoms with Gasteiger partial charge < -0.3 is 5.73 Å². The highest BCUT2D eigenvalue weighted by molar-refractivity contribution is 6.45. The standard InChI is InChI=1S/C9H14N5/c1-9(2,3)14-5-13-6-7(10)11-4-12-8(6)14/h4-5,8H,1-3H3,(H2,10,11,12)/q+1. The second kappa shape index (κ2) is 2.73. The van der Waals surface area contributed by atoms with E-state index in [-0.39, 0.29) is 11.7 Å². The lowest BCUT2D eigenvalue weighted by atomic mass is 10.1. The molecule has 2 aliphatic heterocycles. The quantitative estimate of drug-likeness (QED) is 0.540. The molecule has 0 saturated heterocycles. The van der Waals surface area contributed by atoms with Gasteiger partial charge in [0.25, 0.3) is 18.2 Å². The molecule has 2 rings (SSSR count). The number of rotatable bonds is 0. The van der Waals surface area contributed by atoms with Crippen molar-refractivity contribution in [1.82, 2.24) is 0 Å². The van der Waals surface area contributed by atoms with E-state index in [1.165, 1.54) is 6.34 Å². The molecule has 1 unspecified atom stereocenters. The second-order valence-electron chi connectivity index (χ2n) is 4.36. The fourth-order valence-corrected chi connectivity index (χ4v) is 1.49. The normalized spacial score (nSPS) is 25.4. The number of fused-ring (bicyclic) bond motifs is 1. The van der Waals surface area contributed by atoms with Crippen molar-refractivity contribution in [2.45, 2.75) is 32.5 Å². The summed E-state index contributed by atoms with van der Waals surface area (Å²) in [5, 5.41) is 0. The Morgan fingerprint density at radius 1 is 1.36 bits per heavy atom. The Bertz CT molecular complexity index is 380. The number of hydrogen-bond donors (Lipinski definition) is 1. The van der Waals surface area contributed by atoms with Crippen LogP contribution in [0.2, 0.25) is 0 Å². The van der Waals surface area contributed by atoms with E-state index in [9.17, 15) is 0 Å². The lowest BCUT2D eigenvalue weighted by Gasteiger charge is -2.23. The zero-order valence-corrected chi connectivity index (χ0v) is 8.60. The first-order valence-electron chi connectivity index (χ1n) is 4.55. The van der Waals surface area contributed by atoms with Crippen molar-refractivity contribution in [3.8, 4) is 0 Å². The molecule has 2 heterocycles. The summed E-state index contributed by atoms with van der Waals surface area (Å²) in [6, 6.07) is 0. The molecule has 5 heteroatoms. The highest BCUT2D eigenvalue weighted by Crippen LogP contribution is 2.17. The van der Waals surface area contributed by atoms with Gasteiger partial charge in [0.1, 0.15) is 11.9 Å². The Morgan fingerprint density at radius 2 is 2.07 bits per heavy atom. The van der Waals surface area contributed by atoms with Crippen LogP contribution in [0.5, 0.6) is 0 Å². The van der Waals surface area contributed by atoms with Gasteiger partial charge in [-0.15, -0.1) is 0 Å². The van der Waals surface area contributed by atoms with Crippen LogP contribution in [0.15, 0.2) is 15.0 Å². The third-order valence-corrected chi connectivity index (χ3v) is 2.27. The maximum absolute atomic E-state index is 5.71. The molecule has 5 nitrogen and oxygen atoms in total. The van der Waals surface area contributed by atoms with Crippen molar-refractivity contribution in [2.24, 2.45) is 20.7 Å². The van der Waals surface area contributed by atoms with Crippen LogP contribution in [-0.4, -0.2) is 40.5 Å². The van der Waals surface area contributed by atoms with Crippen molar-refractivity contribution < 1.29 is 4.58 Å². The van der Waals surface area contributed by atoms with Crippen molar-refractivity contribution >= 4 is 24.2 Å². The molecule has 0 amide bonds. The first-order valence-corrected chi connectivity index (χ1v) is 4.55. The van der Waals surface area contributed by atoms with Gasteiger partial charge in [-0.3, -0.25) is 0 Å². The maximum Gasteiger partial charge on any atom is 0.284 e. The predicted molar refractivity (Wildman–Crippen MR) is 57.4 cm³/mol. The van der Waals surface area contributed by atoms with Crippen LogP contribution in [0.25, 0.3) is 0 Å². The molecule has 0 radical (unpaired) electrons. The van der Waals surface area contributed by atoms with E-state index in [0.29, 0.717) is 5.84 Å². The van der Waals surface area contributed by atoms with Crippen LogP contribution >= 0.6 is 0 Å². The SMILES string of the molecule is CC(C)(C)[N+]1=CN=C2C(N)=NC=NC21. The number of nitrogens with zero attached hydrogens (tertiary/aromatic N) is 4. The number of amidine groups is 1. The molecule has 74 valence electrons. The molecular weight excluding hydrogens is 178 g/mol. The Hall–Kier alpha value is -1.52. The lowest BCUT2D eigenvalue weighted by Crippen LogP contribution is -2.45. The van der Waals surface area contributed by atoms with Gasteiger partial charge in [0.05, 0.1) is 0 Å². The van der Waals surface area contributed by atoms with Crippen molar-refractivity contribution in [3.05, 3.63) is 0 Å². The summed E-state index contributed by atoms with van der Waals surface area (Å²) < 4.78 is 2.07. The van der Waals surface area contributed by atoms with E-state index in [4.69, 9.17) is 5.73 Å². The van der Waals surface area contributed by atoms with Crippen LogP contribution in [0.3, 0.4) is 0 Å². The molecule has 2 N–H and O–H groups in total. The third-order valence-electron chi connectivity index (χ3n) is 2.27. The highest BCUT2D eigenvalue weighted by atomic mass is 15.3. The monoisotopic (exact) mass is 192 g/mol. The van der Waals surface area contributed by atoms with E-state index in [1.54, 1.807) is 6.34 Å². The van der Waals surface area contributed by atoms with Gasteiger partial charge in [-0.1, -0.05) is 0 Å². The number of aliphatic imine (C=N–C) groups is 3. The zero-order valence-electron chi connectivity index (χ0n) is 8.60. The Balaban J connectivity index is 2.34. The fraction of sp³-hybridized carbons (Fsp3) is 0.556. The summed E-state index contributed by atoms with van der Waals surface area (Å²) in [4.78, 5) is 12.4. The van der Waals surface area contributed by atoms with Gasteiger partial charge in [0, 0.05) is 0 Å². The van der Waals surface area contributed by atoms with Crippen LogP contribution in [0, 0.1) is 0 Å². The first kappa shape index (κ1) is 9.05. The average Bonchev–Trinajstić information content (AvgIpc) is 2.47. The molecule has 0 aromatic heterocycles. The summed E-state index contributed by atoms with van der Waals surface area (Å²) >= 11 is 0. The molecule has 0 spiro atoms. The number of hydrogen-bond acceptors (Lipinski definition) is 4. The molecule has 0 saturated carbocycles. The number of nitrogens with two attached hydrogens (primary N) is 1. The van der Waals surface area contributed by atoms with Crippen LogP contribution in [-0.2, 0) is 0 Å². The lowest BCUT2D eigenvalue weighted by molar-refractivity contribution is -0.607. The van der Waals surface area contributed by atoms with E-state index in [1.807, 2.05) is 0 Å². The predicted octanol–water partition coefficient (Wildman–Crippen LogP) is 0.00550. The molecule has 0 aromatic carbocycles. The molecule has 0 aliphatic carbocycles. The largest absolute Gasteiger partial charge is 0.380 e. The van der Waals surface area contributed by atoms with Gasteiger partial charge in [0.2, 0.25) is 0 Å². The summed E-state index contributed by atoms with van der Waals surface area (Å²) in [7, 11) is 0. The van der Waals surface area contributed by atoms with Crippen LogP contribution in [0.1, 0.15) is 20.8 Å². The molecule has 2 aliphatic rings. The molecule has 0 bridgehead atoms. The minimum absolute atomic E-state index is 0.00905. The highest BCUT2D eigenvalue weighted by Gasteiger charge is 2.40. The van der Waals surface area contributed by atoms with Gasteiger partial charge in [-0.25, -0.2) is 14.6 Å². The maximum atomic E-state index is 5.71. The summed E-state index contributed by atoms with van der Waals surface area (Å²) in [5.41, 5.74) is 6.45. The minimum atomic E-state index is -0.0903. The average molecular weight is 192 g/mol. The third kappa shape index (κ3) is 1.25. The summed E-state index contributed by atoms with van der Waals surface area (Å²) in [6.45, 7) is 6.33. The van der Waals surface area contributed by atoms with E-state index >= 15 is 0 Å². The van der Waals surface area contributed by atoms with E-state index < -0.39 is 0 Å². The van der Waals surface area contributed by atoms with Gasteiger partial charge in [0.15, 0.2) is 5.84 Å². The molecule has 0 aromatic rings. The van der Waals surface area contributed by atoms with Crippen molar-refractivity contribution in [2.75, 3.05) is 0 Å². The Kier molecular flexibility index (Phi) is 1.77. The molecule has 1 atom stereocenters. The van der Waals surface area contributed by atoms with Gasteiger partial charge in [-0.05, 0) is 25.8 Å². The minimum Gasteiger partial charge on any atom is -0.380 e. The first-order chi connectivity index (χ1) is 6.50. The smallest absolute Gasteiger partial charge is 0.284 e. The van der Waals surface area contributed by atoms with Crippen molar-refractivity contribution in [1.29, 1.82) is 0 Å².